The lowest BCUT2D eigenvalue weighted by Gasteiger charge is -2.32. The Hall–Kier alpha value is -2.41. The van der Waals surface area contributed by atoms with Crippen molar-refractivity contribution in [1.82, 2.24) is 14.8 Å². The van der Waals surface area contributed by atoms with E-state index in [4.69, 9.17) is 11.6 Å². The molecular weight excluding hydrogens is 420 g/mol. The van der Waals surface area contributed by atoms with Gasteiger partial charge in [-0.2, -0.15) is 0 Å². The van der Waals surface area contributed by atoms with Crippen LogP contribution in [-0.2, 0) is 6.54 Å². The van der Waals surface area contributed by atoms with Gasteiger partial charge in [0.05, 0.1) is 17.9 Å². The van der Waals surface area contributed by atoms with Crippen LogP contribution < -0.4 is 4.90 Å². The SMILES string of the molecule is CSc1nnc(CN2c3ccccc3Sc3ccccc32)n1-c1ccc(Cl)cc1. The normalized spacial score (nSPS) is 12.6. The van der Waals surface area contributed by atoms with E-state index in [1.807, 2.05) is 30.5 Å². The van der Waals surface area contributed by atoms with Crippen molar-refractivity contribution in [2.24, 2.45) is 0 Å². The molecule has 5 rings (SSSR count). The Morgan fingerprint density at radius 1 is 0.862 bits per heavy atom. The second kappa shape index (κ2) is 7.78. The Bertz CT molecular complexity index is 1130. The van der Waals surface area contributed by atoms with E-state index in [2.05, 4.69) is 68.2 Å². The minimum Gasteiger partial charge on any atom is -0.332 e. The van der Waals surface area contributed by atoms with Crippen LogP contribution >= 0.6 is 35.1 Å². The predicted molar refractivity (Wildman–Crippen MR) is 121 cm³/mol. The molecule has 0 atom stereocenters. The molecule has 0 saturated carbocycles. The molecule has 0 amide bonds. The molecule has 0 bridgehead atoms. The van der Waals surface area contributed by atoms with Gasteiger partial charge in [-0.1, -0.05) is 59.4 Å². The third-order valence-electron chi connectivity index (χ3n) is 4.80. The lowest BCUT2D eigenvalue weighted by molar-refractivity contribution is 0.797. The van der Waals surface area contributed by atoms with Crippen molar-refractivity contribution in [3.63, 3.8) is 0 Å². The molecule has 0 fully saturated rings. The summed E-state index contributed by atoms with van der Waals surface area (Å²) in [5, 5.41) is 10.5. The van der Waals surface area contributed by atoms with Crippen molar-refractivity contribution in [1.29, 1.82) is 0 Å². The first-order chi connectivity index (χ1) is 14.2. The number of hydrogen-bond acceptors (Lipinski definition) is 5. The van der Waals surface area contributed by atoms with Gasteiger partial charge in [-0.25, -0.2) is 0 Å². The maximum Gasteiger partial charge on any atom is 0.195 e. The van der Waals surface area contributed by atoms with Crippen LogP contribution in [0.1, 0.15) is 5.82 Å². The van der Waals surface area contributed by atoms with Crippen LogP contribution in [0.15, 0.2) is 87.7 Å². The fraction of sp³-hybridized carbons (Fsp3) is 0.0909. The molecule has 0 aliphatic carbocycles. The number of para-hydroxylation sites is 2. The Balaban J connectivity index is 1.61. The quantitative estimate of drug-likeness (QED) is 0.343. The van der Waals surface area contributed by atoms with Crippen LogP contribution in [0.5, 0.6) is 0 Å². The molecule has 144 valence electrons. The summed E-state index contributed by atoms with van der Waals surface area (Å²) in [6.07, 6.45) is 2.02. The highest BCUT2D eigenvalue weighted by Crippen LogP contribution is 2.48. The molecule has 4 nitrogen and oxygen atoms in total. The van der Waals surface area contributed by atoms with Crippen LogP contribution in [0.25, 0.3) is 5.69 Å². The minimum atomic E-state index is 0.616. The van der Waals surface area contributed by atoms with Crippen molar-refractivity contribution in [2.75, 3.05) is 11.2 Å². The summed E-state index contributed by atoms with van der Waals surface area (Å²) in [7, 11) is 0. The second-order valence-corrected chi connectivity index (χ2v) is 8.83. The van der Waals surface area contributed by atoms with E-state index in [0.29, 0.717) is 11.6 Å². The Kier molecular flexibility index (Phi) is 4.99. The monoisotopic (exact) mass is 436 g/mol. The van der Waals surface area contributed by atoms with Crippen LogP contribution in [0.4, 0.5) is 11.4 Å². The molecule has 29 heavy (non-hydrogen) atoms. The van der Waals surface area contributed by atoms with Crippen molar-refractivity contribution >= 4 is 46.5 Å². The van der Waals surface area contributed by atoms with Gasteiger partial charge in [-0.05, 0) is 54.8 Å². The van der Waals surface area contributed by atoms with Gasteiger partial charge in [0, 0.05) is 20.5 Å². The summed E-state index contributed by atoms with van der Waals surface area (Å²) in [6.45, 7) is 0.616. The molecule has 0 spiro atoms. The largest absolute Gasteiger partial charge is 0.332 e. The highest BCUT2D eigenvalue weighted by atomic mass is 35.5. The molecular formula is C22H17ClN4S2. The number of nitrogens with zero attached hydrogens (tertiary/aromatic N) is 4. The zero-order valence-electron chi connectivity index (χ0n) is 15.6. The van der Waals surface area contributed by atoms with Gasteiger partial charge in [-0.15, -0.1) is 10.2 Å². The Morgan fingerprint density at radius 2 is 1.48 bits per heavy atom. The number of halogens is 1. The Morgan fingerprint density at radius 3 is 2.10 bits per heavy atom. The van der Waals surface area contributed by atoms with E-state index in [0.717, 1.165) is 16.7 Å². The zero-order valence-corrected chi connectivity index (χ0v) is 18.0. The van der Waals surface area contributed by atoms with E-state index in [1.165, 1.54) is 21.2 Å². The number of fused-ring (bicyclic) bond motifs is 2. The third-order valence-corrected chi connectivity index (χ3v) is 6.81. The van der Waals surface area contributed by atoms with E-state index in [-0.39, 0.29) is 0 Å². The molecule has 1 aromatic heterocycles. The third kappa shape index (κ3) is 3.41. The second-order valence-electron chi connectivity index (χ2n) is 6.54. The van der Waals surface area contributed by atoms with Crippen LogP contribution in [-0.4, -0.2) is 21.0 Å². The lowest BCUT2D eigenvalue weighted by atomic mass is 10.2. The van der Waals surface area contributed by atoms with Crippen LogP contribution in [0.3, 0.4) is 0 Å². The Labute approximate surface area is 182 Å². The first kappa shape index (κ1) is 18.6. The van der Waals surface area contributed by atoms with Gasteiger partial charge >= 0.3 is 0 Å². The molecule has 1 aliphatic rings. The summed E-state index contributed by atoms with van der Waals surface area (Å²) in [5.74, 6) is 0.883. The minimum absolute atomic E-state index is 0.616. The standard InChI is InChI=1S/C22H17ClN4S2/c1-28-22-25-24-21(27(22)16-12-10-15(23)11-13-16)14-26-17-6-2-4-8-19(17)29-20-9-5-3-7-18(20)26/h2-13H,14H2,1H3. The van der Waals surface area contributed by atoms with Gasteiger partial charge < -0.3 is 4.90 Å². The molecule has 2 heterocycles. The molecule has 7 heteroatoms. The first-order valence-electron chi connectivity index (χ1n) is 9.12. The van der Waals surface area contributed by atoms with Gasteiger partial charge in [0.2, 0.25) is 0 Å². The summed E-state index contributed by atoms with van der Waals surface area (Å²) in [5.41, 5.74) is 3.38. The van der Waals surface area contributed by atoms with Crippen molar-refractivity contribution in [3.05, 3.63) is 83.6 Å². The van der Waals surface area contributed by atoms with Crippen molar-refractivity contribution in [3.8, 4) is 5.69 Å². The van der Waals surface area contributed by atoms with Crippen LogP contribution in [0.2, 0.25) is 5.02 Å². The summed E-state index contributed by atoms with van der Waals surface area (Å²) in [4.78, 5) is 4.81. The number of benzene rings is 3. The van der Waals surface area contributed by atoms with E-state index in [9.17, 15) is 0 Å². The fourth-order valence-corrected chi connectivity index (χ4v) is 5.21. The molecule has 0 unspecified atom stereocenters. The van der Waals surface area contributed by atoms with E-state index in [1.54, 1.807) is 23.5 Å². The van der Waals surface area contributed by atoms with E-state index < -0.39 is 0 Å². The molecule has 1 aliphatic heterocycles. The molecule has 0 saturated heterocycles. The fourth-order valence-electron chi connectivity index (χ4n) is 3.48. The predicted octanol–water partition coefficient (Wildman–Crippen LogP) is 6.45. The van der Waals surface area contributed by atoms with E-state index >= 15 is 0 Å². The number of anilines is 2. The summed E-state index contributed by atoms with van der Waals surface area (Å²) < 4.78 is 2.11. The number of rotatable bonds is 4. The summed E-state index contributed by atoms with van der Waals surface area (Å²) in [6, 6.07) is 24.8. The van der Waals surface area contributed by atoms with Gasteiger partial charge in [-0.3, -0.25) is 4.57 Å². The number of thioether (sulfide) groups is 1. The first-order valence-corrected chi connectivity index (χ1v) is 11.5. The highest BCUT2D eigenvalue weighted by Gasteiger charge is 2.25. The topological polar surface area (TPSA) is 34.0 Å². The maximum absolute atomic E-state index is 6.10. The van der Waals surface area contributed by atoms with Gasteiger partial charge in [0.1, 0.15) is 0 Å². The molecule has 4 aromatic rings. The highest BCUT2D eigenvalue weighted by molar-refractivity contribution is 7.99. The number of aromatic nitrogens is 3. The molecule has 0 N–H and O–H groups in total. The zero-order chi connectivity index (χ0) is 19.8. The smallest absolute Gasteiger partial charge is 0.195 e. The van der Waals surface area contributed by atoms with Gasteiger partial charge in [0.25, 0.3) is 0 Å². The van der Waals surface area contributed by atoms with Crippen molar-refractivity contribution < 1.29 is 0 Å². The van der Waals surface area contributed by atoms with Gasteiger partial charge in [0.15, 0.2) is 11.0 Å². The molecule has 0 radical (unpaired) electrons. The average Bonchev–Trinajstić information content (AvgIpc) is 3.17. The average molecular weight is 437 g/mol. The molecule has 3 aromatic carbocycles. The van der Waals surface area contributed by atoms with Crippen LogP contribution in [0, 0.1) is 0 Å². The lowest BCUT2D eigenvalue weighted by Crippen LogP contribution is -2.22. The van der Waals surface area contributed by atoms with Crippen molar-refractivity contribution in [2.45, 2.75) is 21.5 Å². The maximum atomic E-state index is 6.10. The summed E-state index contributed by atoms with van der Waals surface area (Å²) >= 11 is 9.49. The number of hydrogen-bond donors (Lipinski definition) is 0.